The molecular weight excluding hydrogens is 284 g/mol. The van der Waals surface area contributed by atoms with Gasteiger partial charge in [-0.2, -0.15) is 0 Å². The highest BCUT2D eigenvalue weighted by Crippen LogP contribution is 2.20. The molecule has 0 saturated heterocycles. The summed E-state index contributed by atoms with van der Waals surface area (Å²) in [5.41, 5.74) is 1.89. The minimum atomic E-state index is 0.0861. The lowest BCUT2D eigenvalue weighted by molar-refractivity contribution is 0.101. The number of hydrogen-bond donors (Lipinski definition) is 0. The Hall–Kier alpha value is -0.150. The van der Waals surface area contributed by atoms with Crippen LogP contribution in [0.2, 0.25) is 0 Å². The van der Waals surface area contributed by atoms with Crippen LogP contribution in [-0.4, -0.2) is 5.78 Å². The molecule has 0 bridgehead atoms. The number of ketones is 1. The monoisotopic (exact) mass is 290 g/mol. The smallest absolute Gasteiger partial charge is 0.160 e. The molecule has 1 nitrogen and oxygen atoms in total. The van der Waals surface area contributed by atoms with Crippen molar-refractivity contribution in [3.63, 3.8) is 0 Å². The first kappa shape index (κ1) is 9.93. The van der Waals surface area contributed by atoms with Gasteiger partial charge in [-0.1, -0.05) is 37.9 Å². The van der Waals surface area contributed by atoms with Crippen molar-refractivity contribution in [2.45, 2.75) is 12.3 Å². The molecule has 1 aromatic rings. The standard InChI is InChI=1S/C9H8Br2O/c1-6(12)8-3-2-7(5-10)4-9(8)11/h2-4H,5H2,1H3. The van der Waals surface area contributed by atoms with E-state index in [9.17, 15) is 4.79 Å². The van der Waals surface area contributed by atoms with Crippen LogP contribution in [0.15, 0.2) is 22.7 Å². The van der Waals surface area contributed by atoms with Crippen LogP contribution in [0, 0.1) is 0 Å². The zero-order valence-corrected chi connectivity index (χ0v) is 9.78. The molecule has 0 N–H and O–H groups in total. The molecule has 1 aromatic carbocycles. The summed E-state index contributed by atoms with van der Waals surface area (Å²) in [6.07, 6.45) is 0. The maximum absolute atomic E-state index is 11.0. The van der Waals surface area contributed by atoms with Crippen molar-refractivity contribution >= 4 is 37.6 Å². The van der Waals surface area contributed by atoms with E-state index in [1.165, 1.54) is 0 Å². The lowest BCUT2D eigenvalue weighted by Gasteiger charge is -2.01. The summed E-state index contributed by atoms with van der Waals surface area (Å²) in [6.45, 7) is 1.56. The first-order valence-corrected chi connectivity index (χ1v) is 5.42. The molecule has 0 spiro atoms. The Morgan fingerprint density at radius 2 is 2.17 bits per heavy atom. The van der Waals surface area contributed by atoms with Crippen LogP contribution in [0.25, 0.3) is 0 Å². The summed E-state index contributed by atoms with van der Waals surface area (Å²) in [6, 6.07) is 5.73. The molecule has 0 unspecified atom stereocenters. The molecule has 0 heterocycles. The van der Waals surface area contributed by atoms with Crippen molar-refractivity contribution in [1.82, 2.24) is 0 Å². The largest absolute Gasteiger partial charge is 0.294 e. The number of rotatable bonds is 2. The second-order valence-corrected chi connectivity index (χ2v) is 3.92. The third-order valence-corrected chi connectivity index (χ3v) is 2.87. The van der Waals surface area contributed by atoms with E-state index in [1.807, 2.05) is 18.2 Å². The average Bonchev–Trinajstić information content (AvgIpc) is 2.03. The Morgan fingerprint density at radius 1 is 1.50 bits per heavy atom. The van der Waals surface area contributed by atoms with Gasteiger partial charge in [-0.3, -0.25) is 4.79 Å². The van der Waals surface area contributed by atoms with Gasteiger partial charge >= 0.3 is 0 Å². The minimum absolute atomic E-state index is 0.0861. The number of alkyl halides is 1. The molecule has 0 aliphatic carbocycles. The number of halogens is 2. The van der Waals surface area contributed by atoms with Crippen LogP contribution in [0.4, 0.5) is 0 Å². The minimum Gasteiger partial charge on any atom is -0.294 e. The molecule has 64 valence electrons. The maximum atomic E-state index is 11.0. The van der Waals surface area contributed by atoms with E-state index in [2.05, 4.69) is 31.9 Å². The molecule has 0 fully saturated rings. The second-order valence-electron chi connectivity index (χ2n) is 2.50. The fraction of sp³-hybridized carbons (Fsp3) is 0.222. The van der Waals surface area contributed by atoms with Gasteiger partial charge in [-0.25, -0.2) is 0 Å². The highest BCUT2D eigenvalue weighted by Gasteiger charge is 2.04. The number of hydrogen-bond acceptors (Lipinski definition) is 1. The molecule has 12 heavy (non-hydrogen) atoms. The van der Waals surface area contributed by atoms with Crippen molar-refractivity contribution < 1.29 is 4.79 Å². The first-order chi connectivity index (χ1) is 5.65. The van der Waals surface area contributed by atoms with E-state index in [4.69, 9.17) is 0 Å². The second kappa shape index (κ2) is 4.19. The van der Waals surface area contributed by atoms with Gasteiger partial charge in [-0.15, -0.1) is 0 Å². The van der Waals surface area contributed by atoms with Crippen LogP contribution in [0.1, 0.15) is 22.8 Å². The van der Waals surface area contributed by atoms with Gasteiger partial charge in [-0.05, 0) is 24.6 Å². The highest BCUT2D eigenvalue weighted by molar-refractivity contribution is 9.10. The molecule has 0 saturated carbocycles. The van der Waals surface area contributed by atoms with Gasteiger partial charge in [0.25, 0.3) is 0 Å². The molecule has 0 aliphatic rings. The molecular formula is C9H8Br2O. The van der Waals surface area contributed by atoms with Gasteiger partial charge in [0.15, 0.2) is 5.78 Å². The predicted molar refractivity (Wildman–Crippen MR) is 56.8 cm³/mol. The molecule has 0 radical (unpaired) electrons. The third-order valence-electron chi connectivity index (χ3n) is 1.57. The summed E-state index contributed by atoms with van der Waals surface area (Å²) >= 11 is 6.69. The summed E-state index contributed by atoms with van der Waals surface area (Å²) in [4.78, 5) is 11.0. The number of carbonyl (C=O) groups excluding carboxylic acids is 1. The summed E-state index contributed by atoms with van der Waals surface area (Å²) in [7, 11) is 0. The molecule has 0 amide bonds. The topological polar surface area (TPSA) is 17.1 Å². The lowest BCUT2D eigenvalue weighted by atomic mass is 10.1. The van der Waals surface area contributed by atoms with E-state index < -0.39 is 0 Å². The van der Waals surface area contributed by atoms with Crippen LogP contribution in [-0.2, 0) is 5.33 Å². The Labute approximate surface area is 88.4 Å². The van der Waals surface area contributed by atoms with Crippen molar-refractivity contribution in [3.8, 4) is 0 Å². The summed E-state index contributed by atoms with van der Waals surface area (Å²) in [5, 5.41) is 0.809. The van der Waals surface area contributed by atoms with E-state index >= 15 is 0 Å². The lowest BCUT2D eigenvalue weighted by Crippen LogP contribution is -1.93. The van der Waals surface area contributed by atoms with Crippen LogP contribution >= 0.6 is 31.9 Å². The Kier molecular flexibility index (Phi) is 3.47. The third kappa shape index (κ3) is 2.17. The van der Waals surface area contributed by atoms with Crippen LogP contribution in [0.3, 0.4) is 0 Å². The van der Waals surface area contributed by atoms with E-state index in [0.29, 0.717) is 0 Å². The number of Topliss-reactive ketones (excluding diaryl/α,β-unsaturated/α-hetero) is 1. The Morgan fingerprint density at radius 3 is 2.58 bits per heavy atom. The van der Waals surface area contributed by atoms with Gasteiger partial charge in [0, 0.05) is 15.4 Å². The zero-order chi connectivity index (χ0) is 9.14. The van der Waals surface area contributed by atoms with Gasteiger partial charge in [0.05, 0.1) is 0 Å². The Bertz CT molecular complexity index is 307. The van der Waals surface area contributed by atoms with E-state index in [-0.39, 0.29) is 5.78 Å². The molecule has 1 rings (SSSR count). The zero-order valence-electron chi connectivity index (χ0n) is 6.60. The van der Waals surface area contributed by atoms with Crippen molar-refractivity contribution in [1.29, 1.82) is 0 Å². The number of benzene rings is 1. The van der Waals surface area contributed by atoms with E-state index in [1.54, 1.807) is 6.92 Å². The van der Waals surface area contributed by atoms with Gasteiger partial charge in [0.1, 0.15) is 0 Å². The average molecular weight is 292 g/mol. The van der Waals surface area contributed by atoms with Crippen molar-refractivity contribution in [2.24, 2.45) is 0 Å². The quantitative estimate of drug-likeness (QED) is 0.602. The first-order valence-electron chi connectivity index (χ1n) is 3.50. The highest BCUT2D eigenvalue weighted by atomic mass is 79.9. The molecule has 3 heteroatoms. The van der Waals surface area contributed by atoms with Crippen LogP contribution in [0.5, 0.6) is 0 Å². The molecule has 0 aromatic heterocycles. The number of carbonyl (C=O) groups is 1. The van der Waals surface area contributed by atoms with Gasteiger partial charge < -0.3 is 0 Å². The summed E-state index contributed by atoms with van der Waals surface area (Å²) < 4.78 is 0.868. The molecule has 0 aliphatic heterocycles. The SMILES string of the molecule is CC(=O)c1ccc(CBr)cc1Br. The maximum Gasteiger partial charge on any atom is 0.160 e. The summed E-state index contributed by atoms with van der Waals surface area (Å²) in [5.74, 6) is 0.0861. The van der Waals surface area contributed by atoms with Crippen molar-refractivity contribution in [3.05, 3.63) is 33.8 Å². The molecule has 0 atom stereocenters. The fourth-order valence-electron chi connectivity index (χ4n) is 0.927. The van der Waals surface area contributed by atoms with E-state index in [0.717, 1.165) is 20.9 Å². The predicted octanol–water partition coefficient (Wildman–Crippen LogP) is 3.55. The Balaban J connectivity index is 3.12. The normalized spacial score (nSPS) is 9.92. The van der Waals surface area contributed by atoms with Crippen molar-refractivity contribution in [2.75, 3.05) is 0 Å². The van der Waals surface area contributed by atoms with Gasteiger partial charge in [0.2, 0.25) is 0 Å². The fourth-order valence-corrected chi connectivity index (χ4v) is 1.98. The van der Waals surface area contributed by atoms with Crippen LogP contribution < -0.4 is 0 Å².